The summed E-state index contributed by atoms with van der Waals surface area (Å²) in [6, 6.07) is 28.9. The molecule has 0 saturated carbocycles. The molecule has 4 heteroatoms. The molecule has 3 nitrogen and oxygen atoms in total. The van der Waals surface area contributed by atoms with E-state index in [0.29, 0.717) is 6.61 Å². The van der Waals surface area contributed by atoms with Crippen molar-refractivity contribution >= 4 is 10.8 Å². The van der Waals surface area contributed by atoms with Gasteiger partial charge in [0.2, 0.25) is 0 Å². The van der Waals surface area contributed by atoms with Crippen LogP contribution in [0.2, 0.25) is 0 Å². The van der Waals surface area contributed by atoms with Crippen LogP contribution in [-0.2, 0) is 19.7 Å². The van der Waals surface area contributed by atoms with Gasteiger partial charge in [-0.15, -0.1) is 0 Å². The zero-order valence-corrected chi connectivity index (χ0v) is 16.3. The van der Waals surface area contributed by atoms with Gasteiger partial charge < -0.3 is 22.5 Å². The summed E-state index contributed by atoms with van der Waals surface area (Å²) in [6.07, 6.45) is 1.82. The monoisotopic (exact) mass is 389 g/mol. The largest absolute Gasteiger partial charge is 1.00 e. The molecule has 28 heavy (non-hydrogen) atoms. The van der Waals surface area contributed by atoms with Gasteiger partial charge >= 0.3 is 0 Å². The fourth-order valence-corrected chi connectivity index (χ4v) is 3.19. The smallest absolute Gasteiger partial charge is 0.124 e. The van der Waals surface area contributed by atoms with Gasteiger partial charge in [0.1, 0.15) is 12.4 Å². The number of fused-ring (bicyclic) bond motifs is 1. The van der Waals surface area contributed by atoms with Crippen molar-refractivity contribution in [2.24, 2.45) is 0 Å². The lowest BCUT2D eigenvalue weighted by molar-refractivity contribution is -0.00000575. The van der Waals surface area contributed by atoms with Crippen molar-refractivity contribution < 1.29 is 17.1 Å². The summed E-state index contributed by atoms with van der Waals surface area (Å²) in [5, 5.41) is 5.95. The van der Waals surface area contributed by atoms with Gasteiger partial charge in [0, 0.05) is 24.8 Å². The van der Waals surface area contributed by atoms with E-state index in [0.717, 1.165) is 30.1 Å². The standard InChI is InChI=1S/C24H22N2O.ClH/c1-2-8-19(9-3-1)18-27-24-14-13-20-10-4-5-12-22(20)23(24)17-25-16-21-11-6-7-15-26-21;/h1-15,25H,16-18H2;1H/p-1. The normalized spacial score (nSPS) is 10.4. The number of nitrogens with zero attached hydrogens (tertiary/aromatic N) is 1. The van der Waals surface area contributed by atoms with Crippen molar-refractivity contribution in [3.8, 4) is 5.75 Å². The highest BCUT2D eigenvalue weighted by molar-refractivity contribution is 5.87. The first-order valence-electron chi connectivity index (χ1n) is 9.18. The van der Waals surface area contributed by atoms with Gasteiger partial charge in [-0.05, 0) is 34.5 Å². The second kappa shape index (κ2) is 9.88. The Kier molecular flexibility index (Phi) is 7.01. The summed E-state index contributed by atoms with van der Waals surface area (Å²) in [7, 11) is 0. The second-order valence-corrected chi connectivity index (χ2v) is 6.46. The predicted molar refractivity (Wildman–Crippen MR) is 110 cm³/mol. The Morgan fingerprint density at radius 1 is 0.750 bits per heavy atom. The summed E-state index contributed by atoms with van der Waals surface area (Å²) < 4.78 is 6.18. The van der Waals surface area contributed by atoms with Crippen molar-refractivity contribution in [2.45, 2.75) is 19.7 Å². The van der Waals surface area contributed by atoms with Crippen LogP contribution in [0.1, 0.15) is 16.8 Å². The second-order valence-electron chi connectivity index (χ2n) is 6.46. The molecule has 1 heterocycles. The highest BCUT2D eigenvalue weighted by atomic mass is 35.5. The molecule has 0 bridgehead atoms. The lowest BCUT2D eigenvalue weighted by atomic mass is 10.0. The molecule has 0 fully saturated rings. The van der Waals surface area contributed by atoms with E-state index in [2.05, 4.69) is 58.8 Å². The van der Waals surface area contributed by atoms with E-state index in [1.165, 1.54) is 16.3 Å². The van der Waals surface area contributed by atoms with E-state index in [1.54, 1.807) is 0 Å². The van der Waals surface area contributed by atoms with E-state index in [4.69, 9.17) is 4.74 Å². The van der Waals surface area contributed by atoms with Gasteiger partial charge in [0.25, 0.3) is 0 Å². The molecule has 3 aromatic carbocycles. The lowest BCUT2D eigenvalue weighted by Gasteiger charge is -2.15. The maximum Gasteiger partial charge on any atom is 0.124 e. The molecule has 0 aliphatic rings. The number of benzene rings is 3. The van der Waals surface area contributed by atoms with Crippen LogP contribution in [0.25, 0.3) is 10.8 Å². The first-order valence-corrected chi connectivity index (χ1v) is 9.18. The van der Waals surface area contributed by atoms with E-state index >= 15 is 0 Å². The number of nitrogens with one attached hydrogen (secondary N) is 1. The molecule has 4 rings (SSSR count). The third kappa shape index (κ3) is 4.89. The molecule has 1 N–H and O–H groups in total. The van der Waals surface area contributed by atoms with Crippen molar-refractivity contribution in [1.29, 1.82) is 0 Å². The summed E-state index contributed by atoms with van der Waals surface area (Å²) in [5.74, 6) is 0.922. The molecule has 0 aliphatic carbocycles. The Morgan fingerprint density at radius 2 is 1.54 bits per heavy atom. The molecule has 0 amide bonds. The Balaban J connectivity index is 0.00000225. The van der Waals surface area contributed by atoms with Crippen LogP contribution in [0.3, 0.4) is 0 Å². The quantitative estimate of drug-likeness (QED) is 0.525. The lowest BCUT2D eigenvalue weighted by Crippen LogP contribution is -3.00. The number of ether oxygens (including phenoxy) is 1. The third-order valence-corrected chi connectivity index (χ3v) is 4.57. The molecule has 1 aromatic heterocycles. The summed E-state index contributed by atoms with van der Waals surface area (Å²) >= 11 is 0. The highest BCUT2D eigenvalue weighted by Gasteiger charge is 2.09. The van der Waals surface area contributed by atoms with E-state index in [1.807, 2.05) is 42.6 Å². The SMILES string of the molecule is [Cl-].c1ccc(COc2ccc3ccccc3c2CNCc2ccccn2)cc1. The zero-order valence-electron chi connectivity index (χ0n) is 15.5. The summed E-state index contributed by atoms with van der Waals surface area (Å²) in [6.45, 7) is 2.01. The molecule has 0 saturated heterocycles. The van der Waals surface area contributed by atoms with Gasteiger partial charge in [-0.2, -0.15) is 0 Å². The molecule has 0 radical (unpaired) electrons. The fourth-order valence-electron chi connectivity index (χ4n) is 3.19. The first-order chi connectivity index (χ1) is 13.4. The molecular weight excluding hydrogens is 368 g/mol. The zero-order chi connectivity index (χ0) is 18.3. The number of aromatic nitrogens is 1. The number of hydrogen-bond acceptors (Lipinski definition) is 3. The average molecular weight is 390 g/mol. The van der Waals surface area contributed by atoms with Crippen molar-refractivity contribution in [3.05, 3.63) is 108 Å². The van der Waals surface area contributed by atoms with Crippen LogP contribution in [0.5, 0.6) is 5.75 Å². The van der Waals surface area contributed by atoms with Crippen LogP contribution < -0.4 is 22.5 Å². The van der Waals surface area contributed by atoms with E-state index in [9.17, 15) is 0 Å². The Morgan fingerprint density at radius 3 is 2.36 bits per heavy atom. The third-order valence-electron chi connectivity index (χ3n) is 4.57. The number of hydrogen-bond donors (Lipinski definition) is 1. The molecular formula is C24H22ClN2O-. The van der Waals surface area contributed by atoms with Crippen LogP contribution in [-0.4, -0.2) is 4.98 Å². The Hall–Kier alpha value is -2.88. The van der Waals surface area contributed by atoms with Crippen LogP contribution >= 0.6 is 0 Å². The highest BCUT2D eigenvalue weighted by Crippen LogP contribution is 2.28. The number of halogens is 1. The number of pyridine rings is 1. The van der Waals surface area contributed by atoms with Crippen LogP contribution in [0.15, 0.2) is 91.1 Å². The molecule has 142 valence electrons. The minimum absolute atomic E-state index is 0. The summed E-state index contributed by atoms with van der Waals surface area (Å²) in [5.41, 5.74) is 3.38. The van der Waals surface area contributed by atoms with Gasteiger partial charge in [0.15, 0.2) is 0 Å². The number of rotatable bonds is 7. The Bertz CT molecular complexity index is 1010. The first kappa shape index (κ1) is 19.9. The van der Waals surface area contributed by atoms with E-state index in [-0.39, 0.29) is 12.4 Å². The van der Waals surface area contributed by atoms with Gasteiger partial charge in [-0.25, -0.2) is 0 Å². The summed E-state index contributed by atoms with van der Waals surface area (Å²) in [4.78, 5) is 4.38. The Labute approximate surface area is 171 Å². The molecule has 0 atom stereocenters. The molecule has 0 unspecified atom stereocenters. The fraction of sp³-hybridized carbons (Fsp3) is 0.125. The van der Waals surface area contributed by atoms with E-state index < -0.39 is 0 Å². The van der Waals surface area contributed by atoms with Crippen LogP contribution in [0, 0.1) is 0 Å². The van der Waals surface area contributed by atoms with Gasteiger partial charge in [0.05, 0.1) is 5.69 Å². The van der Waals surface area contributed by atoms with Crippen molar-refractivity contribution in [2.75, 3.05) is 0 Å². The van der Waals surface area contributed by atoms with Crippen molar-refractivity contribution in [1.82, 2.24) is 10.3 Å². The molecule has 4 aromatic rings. The van der Waals surface area contributed by atoms with Gasteiger partial charge in [-0.3, -0.25) is 4.98 Å². The maximum absolute atomic E-state index is 6.18. The maximum atomic E-state index is 6.18. The molecule has 0 spiro atoms. The van der Waals surface area contributed by atoms with Crippen LogP contribution in [0.4, 0.5) is 0 Å². The minimum Gasteiger partial charge on any atom is -1.00 e. The average Bonchev–Trinajstić information content (AvgIpc) is 2.74. The minimum atomic E-state index is 0. The topological polar surface area (TPSA) is 34.1 Å². The molecule has 0 aliphatic heterocycles. The predicted octanol–water partition coefficient (Wildman–Crippen LogP) is 2.11. The van der Waals surface area contributed by atoms with Crippen molar-refractivity contribution in [3.63, 3.8) is 0 Å². The van der Waals surface area contributed by atoms with Gasteiger partial charge in [-0.1, -0.05) is 66.7 Å².